The van der Waals surface area contributed by atoms with E-state index in [1.54, 1.807) is 18.4 Å². The lowest BCUT2D eigenvalue weighted by atomic mass is 10.0. The van der Waals surface area contributed by atoms with Gasteiger partial charge in [-0.1, -0.05) is 25.6 Å². The van der Waals surface area contributed by atoms with Crippen LogP contribution in [0, 0.1) is 5.92 Å². The number of aromatic nitrogens is 2. The molecule has 2 aromatic rings. The van der Waals surface area contributed by atoms with Crippen molar-refractivity contribution in [3.63, 3.8) is 0 Å². The third-order valence-corrected chi connectivity index (χ3v) is 6.98. The number of hydrogen-bond acceptors (Lipinski definition) is 7. The fourth-order valence-electron chi connectivity index (χ4n) is 3.43. The predicted octanol–water partition coefficient (Wildman–Crippen LogP) is 2.28. The molecule has 0 aromatic carbocycles. The number of fused-ring (bicyclic) bond motifs is 3. The van der Waals surface area contributed by atoms with Crippen LogP contribution in [0.5, 0.6) is 0 Å². The lowest BCUT2D eigenvalue weighted by Gasteiger charge is -2.18. The van der Waals surface area contributed by atoms with E-state index in [4.69, 9.17) is 4.74 Å². The molecule has 0 aliphatic heterocycles. The van der Waals surface area contributed by atoms with Crippen LogP contribution in [-0.2, 0) is 34.2 Å². The molecule has 9 heteroatoms. The first-order valence-corrected chi connectivity index (χ1v) is 11.1. The molecule has 1 aliphatic carbocycles. The minimum atomic E-state index is -0.669. The van der Waals surface area contributed by atoms with Gasteiger partial charge in [-0.05, 0) is 37.2 Å². The summed E-state index contributed by atoms with van der Waals surface area (Å²) >= 11 is 2.78. The number of carbonyl (C=O) groups excluding carboxylic acids is 2. The molecule has 0 fully saturated rings. The predicted molar refractivity (Wildman–Crippen MR) is 111 cm³/mol. The molecule has 7 nitrogen and oxygen atoms in total. The molecular formula is C19H25N3O4S2. The van der Waals surface area contributed by atoms with Gasteiger partial charge in [0.2, 0.25) is 5.91 Å². The number of esters is 1. The van der Waals surface area contributed by atoms with E-state index >= 15 is 0 Å². The second kappa shape index (κ2) is 8.65. The Balaban J connectivity index is 1.72. The molecule has 1 N–H and O–H groups in total. The number of ether oxygens (including phenoxy) is 1. The van der Waals surface area contributed by atoms with Crippen LogP contribution in [0.1, 0.15) is 37.1 Å². The Morgan fingerprint density at radius 1 is 1.36 bits per heavy atom. The topological polar surface area (TPSA) is 90.3 Å². The number of thiophene rings is 1. The second-order valence-electron chi connectivity index (χ2n) is 7.36. The number of nitrogens with one attached hydrogen (secondary N) is 1. The Morgan fingerprint density at radius 3 is 2.79 bits per heavy atom. The largest absolute Gasteiger partial charge is 0.467 e. The number of nitrogens with zero attached hydrogens (tertiary/aromatic N) is 2. The van der Waals surface area contributed by atoms with Crippen molar-refractivity contribution < 1.29 is 14.3 Å². The smallest absolute Gasteiger partial charge is 0.328 e. The first-order chi connectivity index (χ1) is 13.3. The highest BCUT2D eigenvalue weighted by atomic mass is 32.2. The zero-order valence-electron chi connectivity index (χ0n) is 16.5. The van der Waals surface area contributed by atoms with E-state index in [0.29, 0.717) is 11.6 Å². The maximum atomic E-state index is 12.8. The first kappa shape index (κ1) is 20.9. The molecule has 2 aromatic heterocycles. The molecule has 2 heterocycles. The molecule has 28 heavy (non-hydrogen) atoms. The van der Waals surface area contributed by atoms with Gasteiger partial charge in [0.1, 0.15) is 10.9 Å². The summed E-state index contributed by atoms with van der Waals surface area (Å²) in [5.41, 5.74) is 1.09. The maximum Gasteiger partial charge on any atom is 0.328 e. The van der Waals surface area contributed by atoms with E-state index in [0.717, 1.165) is 35.0 Å². The van der Waals surface area contributed by atoms with Gasteiger partial charge in [0.05, 0.1) is 18.2 Å². The van der Waals surface area contributed by atoms with Crippen LogP contribution in [0.2, 0.25) is 0 Å². The number of carbonyl (C=O) groups is 2. The fourth-order valence-corrected chi connectivity index (χ4v) is 5.51. The lowest BCUT2D eigenvalue weighted by Crippen LogP contribution is -2.43. The van der Waals surface area contributed by atoms with Crippen molar-refractivity contribution in [1.29, 1.82) is 0 Å². The van der Waals surface area contributed by atoms with E-state index in [-0.39, 0.29) is 23.1 Å². The third-order valence-electron chi connectivity index (χ3n) is 4.77. The summed E-state index contributed by atoms with van der Waals surface area (Å²) in [6.45, 7) is 3.95. The molecule has 0 spiro atoms. The minimum absolute atomic E-state index is 0.0560. The third kappa shape index (κ3) is 4.25. The van der Waals surface area contributed by atoms with Crippen molar-refractivity contribution in [2.45, 2.75) is 50.7 Å². The quantitative estimate of drug-likeness (QED) is 0.417. The Kier molecular flexibility index (Phi) is 6.44. The molecule has 1 atom stereocenters. The van der Waals surface area contributed by atoms with Gasteiger partial charge in [0.25, 0.3) is 5.56 Å². The number of rotatable bonds is 7. The van der Waals surface area contributed by atoms with E-state index in [2.05, 4.69) is 10.3 Å². The Bertz CT molecular complexity index is 964. The van der Waals surface area contributed by atoms with Gasteiger partial charge in [-0.25, -0.2) is 9.78 Å². The Hall–Kier alpha value is -1.87. The molecule has 1 aliphatic rings. The monoisotopic (exact) mass is 423 g/mol. The fraction of sp³-hybridized carbons (Fsp3) is 0.579. The molecule has 152 valence electrons. The van der Waals surface area contributed by atoms with Crippen LogP contribution in [0.25, 0.3) is 10.2 Å². The van der Waals surface area contributed by atoms with Crippen molar-refractivity contribution in [2.24, 2.45) is 13.0 Å². The molecule has 3 rings (SSSR count). The van der Waals surface area contributed by atoms with Gasteiger partial charge in [-0.2, -0.15) is 0 Å². The van der Waals surface area contributed by atoms with Gasteiger partial charge >= 0.3 is 5.97 Å². The summed E-state index contributed by atoms with van der Waals surface area (Å²) in [7, 11) is 2.99. The zero-order chi connectivity index (χ0) is 20.4. The van der Waals surface area contributed by atoms with Gasteiger partial charge in [0, 0.05) is 11.9 Å². The average Bonchev–Trinajstić information content (AvgIpc) is 3.22. The van der Waals surface area contributed by atoms with E-state index in [9.17, 15) is 14.4 Å². The van der Waals surface area contributed by atoms with Crippen molar-refractivity contribution >= 4 is 45.2 Å². The van der Waals surface area contributed by atoms with Gasteiger partial charge in [0.15, 0.2) is 5.16 Å². The van der Waals surface area contributed by atoms with Crippen LogP contribution in [0.4, 0.5) is 0 Å². The summed E-state index contributed by atoms with van der Waals surface area (Å²) in [6, 6.07) is -0.669. The summed E-state index contributed by atoms with van der Waals surface area (Å²) in [5, 5.41) is 3.96. The molecule has 1 amide bonds. The number of thioether (sulfide) groups is 1. The number of amides is 1. The van der Waals surface area contributed by atoms with Crippen molar-refractivity contribution in [2.75, 3.05) is 12.9 Å². The highest BCUT2D eigenvalue weighted by Gasteiger charge is 2.24. The SMILES string of the molecule is COC(=O)[C@@H](CC(C)C)NC(=O)CSc1nc2sc3c(c2c(=O)n1C)CCC3. The summed E-state index contributed by atoms with van der Waals surface area (Å²) in [6.07, 6.45) is 3.54. The first-order valence-electron chi connectivity index (χ1n) is 9.33. The molecule has 0 saturated carbocycles. The molecule has 0 bridgehead atoms. The van der Waals surface area contributed by atoms with Crippen LogP contribution < -0.4 is 10.9 Å². The van der Waals surface area contributed by atoms with E-state index in [1.807, 2.05) is 13.8 Å². The number of aryl methyl sites for hydroxylation is 2. The van der Waals surface area contributed by atoms with Crippen LogP contribution >= 0.6 is 23.1 Å². The van der Waals surface area contributed by atoms with Crippen LogP contribution in [0.15, 0.2) is 9.95 Å². The summed E-state index contributed by atoms with van der Waals surface area (Å²) < 4.78 is 6.28. The van der Waals surface area contributed by atoms with Crippen molar-refractivity contribution in [1.82, 2.24) is 14.9 Å². The molecule has 0 radical (unpaired) electrons. The standard InChI is InChI=1S/C19H25N3O4S2/c1-10(2)8-12(18(25)26-4)20-14(23)9-27-19-21-16-15(17(24)22(19)3)11-6-5-7-13(11)28-16/h10,12H,5-9H2,1-4H3,(H,20,23)/t12-/m1/s1. The van der Waals surface area contributed by atoms with Crippen molar-refractivity contribution in [3.8, 4) is 0 Å². The number of methoxy groups -OCH3 is 1. The second-order valence-corrected chi connectivity index (χ2v) is 9.38. The summed E-state index contributed by atoms with van der Waals surface area (Å²) in [4.78, 5) is 43.7. The van der Waals surface area contributed by atoms with Crippen molar-refractivity contribution in [3.05, 3.63) is 20.8 Å². The van der Waals surface area contributed by atoms with E-state index < -0.39 is 12.0 Å². The Morgan fingerprint density at radius 2 is 2.11 bits per heavy atom. The highest BCUT2D eigenvalue weighted by Crippen LogP contribution is 2.35. The summed E-state index contributed by atoms with van der Waals surface area (Å²) in [5.74, 6) is -0.429. The van der Waals surface area contributed by atoms with E-state index in [1.165, 1.54) is 28.3 Å². The molecular weight excluding hydrogens is 398 g/mol. The molecule has 0 saturated heterocycles. The zero-order valence-corrected chi connectivity index (χ0v) is 18.2. The normalized spacial score (nSPS) is 14.3. The maximum absolute atomic E-state index is 12.8. The molecule has 0 unspecified atom stereocenters. The van der Waals surface area contributed by atoms with Gasteiger partial charge in [-0.15, -0.1) is 11.3 Å². The van der Waals surface area contributed by atoms with Crippen LogP contribution in [-0.4, -0.2) is 40.3 Å². The minimum Gasteiger partial charge on any atom is -0.467 e. The van der Waals surface area contributed by atoms with Crippen LogP contribution in [0.3, 0.4) is 0 Å². The van der Waals surface area contributed by atoms with Gasteiger partial charge in [-0.3, -0.25) is 14.2 Å². The average molecular weight is 424 g/mol. The highest BCUT2D eigenvalue weighted by molar-refractivity contribution is 7.99. The Labute approximate surface area is 171 Å². The number of hydrogen-bond donors (Lipinski definition) is 1. The lowest BCUT2D eigenvalue weighted by molar-refractivity contribution is -0.145. The van der Waals surface area contributed by atoms with Gasteiger partial charge < -0.3 is 10.1 Å².